The lowest BCUT2D eigenvalue weighted by Gasteiger charge is -2.01. The number of benzene rings is 1. The van der Waals surface area contributed by atoms with Crippen molar-refractivity contribution >= 4 is 16.7 Å². The van der Waals surface area contributed by atoms with Crippen molar-refractivity contribution in [2.75, 3.05) is 0 Å². The molecule has 0 radical (unpaired) electrons. The topological polar surface area (TPSA) is 105 Å². The van der Waals surface area contributed by atoms with E-state index in [1.165, 1.54) is 47.7 Å². The van der Waals surface area contributed by atoms with Gasteiger partial charge in [0.25, 0.3) is 11.2 Å². The summed E-state index contributed by atoms with van der Waals surface area (Å²) in [5.41, 5.74) is -0.380. The number of non-ortho nitro benzene ring substituents is 1. The lowest BCUT2D eigenvalue weighted by atomic mass is 10.3. The lowest BCUT2D eigenvalue weighted by molar-refractivity contribution is -0.384. The second-order valence-corrected chi connectivity index (χ2v) is 4.79. The van der Waals surface area contributed by atoms with Gasteiger partial charge in [0.15, 0.2) is 5.65 Å². The Hall–Kier alpha value is -3.23. The molecule has 3 rings (SSSR count). The fraction of sp³-hybridized carbons (Fsp3) is 0.154. The Morgan fingerprint density at radius 2 is 1.91 bits per heavy atom. The number of nitro groups is 1. The molecule has 112 valence electrons. The highest BCUT2D eigenvalue weighted by Gasteiger charge is 2.14. The average molecular weight is 301 g/mol. The molecule has 0 saturated carbocycles. The highest BCUT2D eigenvalue weighted by atomic mass is 16.6. The predicted molar refractivity (Wildman–Crippen MR) is 78.2 cm³/mol. The van der Waals surface area contributed by atoms with Gasteiger partial charge in [-0.2, -0.15) is 0 Å². The van der Waals surface area contributed by atoms with Crippen molar-refractivity contribution in [3.05, 3.63) is 61.4 Å². The molecule has 3 aromatic rings. The molecule has 0 aliphatic rings. The summed E-state index contributed by atoms with van der Waals surface area (Å²) < 4.78 is 3.59. The van der Waals surface area contributed by atoms with Crippen LogP contribution < -0.4 is 11.2 Å². The van der Waals surface area contributed by atoms with Gasteiger partial charge < -0.3 is 0 Å². The van der Waals surface area contributed by atoms with E-state index in [-0.39, 0.29) is 16.7 Å². The Morgan fingerprint density at radius 3 is 2.59 bits per heavy atom. The van der Waals surface area contributed by atoms with Crippen molar-refractivity contribution in [2.45, 2.75) is 0 Å². The third kappa shape index (κ3) is 1.91. The fourth-order valence-electron chi connectivity index (χ4n) is 2.23. The molecule has 1 aromatic carbocycles. The number of fused-ring (bicyclic) bond motifs is 1. The van der Waals surface area contributed by atoms with E-state index >= 15 is 0 Å². The van der Waals surface area contributed by atoms with Crippen LogP contribution >= 0.6 is 0 Å². The number of nitrogens with zero attached hydrogens (tertiary/aromatic N) is 5. The van der Waals surface area contributed by atoms with Crippen molar-refractivity contribution in [1.29, 1.82) is 0 Å². The molecule has 0 saturated heterocycles. The molecule has 9 heteroatoms. The third-order valence-electron chi connectivity index (χ3n) is 3.43. The summed E-state index contributed by atoms with van der Waals surface area (Å²) in [5.74, 6) is 0. The summed E-state index contributed by atoms with van der Waals surface area (Å²) in [4.78, 5) is 34.3. The van der Waals surface area contributed by atoms with Crippen molar-refractivity contribution in [2.24, 2.45) is 14.1 Å². The Balaban J connectivity index is 2.30. The van der Waals surface area contributed by atoms with Gasteiger partial charge >= 0.3 is 5.69 Å². The van der Waals surface area contributed by atoms with E-state index in [1.807, 2.05) is 0 Å². The summed E-state index contributed by atoms with van der Waals surface area (Å²) in [5, 5.41) is 15.3. The molecule has 0 atom stereocenters. The minimum absolute atomic E-state index is 0.0844. The van der Waals surface area contributed by atoms with Crippen LogP contribution in [0.25, 0.3) is 16.7 Å². The second-order valence-electron chi connectivity index (χ2n) is 4.79. The summed E-state index contributed by atoms with van der Waals surface area (Å²) >= 11 is 0. The van der Waals surface area contributed by atoms with Gasteiger partial charge in [0.05, 0.1) is 10.6 Å². The first-order valence-electron chi connectivity index (χ1n) is 6.30. The largest absolute Gasteiger partial charge is 0.332 e. The molecule has 0 bridgehead atoms. The first kappa shape index (κ1) is 13.7. The van der Waals surface area contributed by atoms with Crippen LogP contribution in [-0.2, 0) is 14.1 Å². The predicted octanol–water partition coefficient (Wildman–Crippen LogP) is 0.331. The molecule has 0 aliphatic heterocycles. The zero-order valence-electron chi connectivity index (χ0n) is 11.8. The highest BCUT2D eigenvalue weighted by Crippen LogP contribution is 2.17. The lowest BCUT2D eigenvalue weighted by Crippen LogP contribution is -2.36. The molecule has 0 unspecified atom stereocenters. The molecule has 2 heterocycles. The summed E-state index contributed by atoms with van der Waals surface area (Å²) in [6.07, 6.45) is 1.45. The molecule has 0 amide bonds. The fourth-order valence-corrected chi connectivity index (χ4v) is 2.23. The monoisotopic (exact) mass is 301 g/mol. The second kappa shape index (κ2) is 4.65. The Labute approximate surface area is 122 Å². The van der Waals surface area contributed by atoms with Gasteiger partial charge in [-0.3, -0.25) is 24.0 Å². The number of hydrogen-bond acceptors (Lipinski definition) is 5. The number of aryl methyl sites for hydroxylation is 1. The maximum Gasteiger partial charge on any atom is 0.332 e. The Morgan fingerprint density at radius 1 is 1.18 bits per heavy atom. The number of nitro benzene ring substituents is 1. The van der Waals surface area contributed by atoms with Crippen LogP contribution in [-0.4, -0.2) is 23.8 Å². The molecule has 2 aromatic heterocycles. The van der Waals surface area contributed by atoms with Crippen LogP contribution in [0.4, 0.5) is 5.69 Å². The van der Waals surface area contributed by atoms with Gasteiger partial charge in [0.2, 0.25) is 0 Å². The molecule has 0 fully saturated rings. The molecule has 22 heavy (non-hydrogen) atoms. The molecular formula is C13H11N5O4. The molecule has 0 spiro atoms. The van der Waals surface area contributed by atoms with Crippen LogP contribution in [0.3, 0.4) is 0 Å². The van der Waals surface area contributed by atoms with E-state index < -0.39 is 16.2 Å². The number of hydrogen-bond donors (Lipinski definition) is 0. The number of aromatic nitrogens is 4. The molecule has 0 aliphatic carbocycles. The van der Waals surface area contributed by atoms with Crippen molar-refractivity contribution in [3.8, 4) is 5.69 Å². The maximum atomic E-state index is 12.1. The van der Waals surface area contributed by atoms with Gasteiger partial charge in [-0.05, 0) is 6.07 Å². The van der Waals surface area contributed by atoms with E-state index in [4.69, 9.17) is 0 Å². The van der Waals surface area contributed by atoms with E-state index in [9.17, 15) is 19.7 Å². The Kier molecular flexibility index (Phi) is 2.91. The number of rotatable bonds is 2. The van der Waals surface area contributed by atoms with Gasteiger partial charge in [-0.1, -0.05) is 6.07 Å². The van der Waals surface area contributed by atoms with Gasteiger partial charge in [-0.15, -0.1) is 5.10 Å². The van der Waals surface area contributed by atoms with Gasteiger partial charge in [0.1, 0.15) is 5.39 Å². The first-order valence-corrected chi connectivity index (χ1v) is 6.30. The summed E-state index contributed by atoms with van der Waals surface area (Å²) in [6.45, 7) is 0. The molecule has 9 nitrogen and oxygen atoms in total. The van der Waals surface area contributed by atoms with Crippen LogP contribution in [0.15, 0.2) is 40.1 Å². The summed E-state index contributed by atoms with van der Waals surface area (Å²) in [6, 6.07) is 5.86. The third-order valence-corrected chi connectivity index (χ3v) is 3.43. The quantitative estimate of drug-likeness (QED) is 0.501. The van der Waals surface area contributed by atoms with E-state index in [2.05, 4.69) is 5.10 Å². The van der Waals surface area contributed by atoms with E-state index in [1.54, 1.807) is 6.07 Å². The van der Waals surface area contributed by atoms with Crippen molar-refractivity contribution in [3.63, 3.8) is 0 Å². The zero-order valence-corrected chi connectivity index (χ0v) is 11.8. The smallest absolute Gasteiger partial charge is 0.279 e. The zero-order chi connectivity index (χ0) is 16.0. The molecular weight excluding hydrogens is 290 g/mol. The van der Waals surface area contributed by atoms with Gasteiger partial charge in [-0.25, -0.2) is 9.48 Å². The van der Waals surface area contributed by atoms with Crippen LogP contribution in [0.2, 0.25) is 0 Å². The average Bonchev–Trinajstić information content (AvgIpc) is 2.96. The van der Waals surface area contributed by atoms with Crippen LogP contribution in [0, 0.1) is 10.1 Å². The van der Waals surface area contributed by atoms with Crippen LogP contribution in [0.5, 0.6) is 0 Å². The standard InChI is InChI=1S/C13H11N5O4/c1-15-11-10(12(19)16(2)13(15)20)7-17(14-11)8-4-3-5-9(6-8)18(21)22/h3-7H,1-2H3. The SMILES string of the molecule is Cn1c(=O)c2cn(-c3cccc([N+](=O)[O-])c3)nc2n(C)c1=O. The summed E-state index contributed by atoms with van der Waals surface area (Å²) in [7, 11) is 2.89. The maximum absolute atomic E-state index is 12.1. The normalized spacial score (nSPS) is 11.0. The van der Waals surface area contributed by atoms with Gasteiger partial charge in [0, 0.05) is 32.4 Å². The molecule has 0 N–H and O–H groups in total. The first-order chi connectivity index (χ1) is 10.4. The minimum atomic E-state index is -0.512. The van der Waals surface area contributed by atoms with E-state index in [0.717, 1.165) is 4.57 Å². The Bertz CT molecular complexity index is 1030. The van der Waals surface area contributed by atoms with Crippen molar-refractivity contribution < 1.29 is 4.92 Å². The minimum Gasteiger partial charge on any atom is -0.279 e. The van der Waals surface area contributed by atoms with Crippen molar-refractivity contribution in [1.82, 2.24) is 18.9 Å². The van der Waals surface area contributed by atoms with E-state index in [0.29, 0.717) is 5.69 Å². The van der Waals surface area contributed by atoms with Crippen LogP contribution in [0.1, 0.15) is 0 Å². The highest BCUT2D eigenvalue weighted by molar-refractivity contribution is 5.73.